The third-order valence-corrected chi connectivity index (χ3v) is 7.04. The Balaban J connectivity index is 1.72. The predicted octanol–water partition coefficient (Wildman–Crippen LogP) is 2.75. The summed E-state index contributed by atoms with van der Waals surface area (Å²) in [6.07, 6.45) is 3.65. The molecule has 5 rings (SSSR count). The van der Waals surface area contributed by atoms with Gasteiger partial charge in [-0.25, -0.2) is 0 Å². The Bertz CT molecular complexity index is 655. The second-order valence-electron chi connectivity index (χ2n) is 7.60. The molecule has 3 heteroatoms. The zero-order valence-corrected chi connectivity index (χ0v) is 13.2. The van der Waals surface area contributed by atoms with E-state index < -0.39 is 0 Å². The number of rotatable bonds is 2. The number of aliphatic hydroxyl groups is 1. The molecule has 3 aliphatic heterocycles. The molecule has 1 saturated carbocycles. The highest BCUT2D eigenvalue weighted by atomic mass is 16.3. The van der Waals surface area contributed by atoms with Crippen LogP contribution in [0.4, 0.5) is 5.69 Å². The highest BCUT2D eigenvalue weighted by Gasteiger charge is 2.63. The zero-order chi connectivity index (χ0) is 14.9. The topological polar surface area (TPSA) is 35.8 Å². The molecule has 2 bridgehead atoms. The molecule has 1 unspecified atom stereocenters. The fraction of sp³-hybridized carbons (Fsp3) is 0.632. The number of fused-ring (bicyclic) bond motifs is 2. The lowest BCUT2D eigenvalue weighted by Crippen LogP contribution is -2.61. The Morgan fingerprint density at radius 3 is 3.05 bits per heavy atom. The minimum atomic E-state index is 0.110. The van der Waals surface area contributed by atoms with E-state index in [0.29, 0.717) is 12.0 Å². The smallest absolute Gasteiger partial charge is 0.0671 e. The Labute approximate surface area is 132 Å². The molecule has 0 amide bonds. The molecule has 116 valence electrons. The summed E-state index contributed by atoms with van der Waals surface area (Å²) in [7, 11) is 0. The van der Waals surface area contributed by atoms with Crippen molar-refractivity contribution < 1.29 is 5.11 Å². The largest absolute Gasteiger partial charge is 0.396 e. The van der Waals surface area contributed by atoms with Crippen molar-refractivity contribution in [1.29, 1.82) is 0 Å². The molecule has 1 aliphatic carbocycles. The monoisotopic (exact) mass is 296 g/mol. The van der Waals surface area contributed by atoms with Crippen LogP contribution in [0.5, 0.6) is 0 Å². The van der Waals surface area contributed by atoms with Crippen LogP contribution in [0.2, 0.25) is 0 Å². The third-order valence-electron chi connectivity index (χ3n) is 7.04. The van der Waals surface area contributed by atoms with Gasteiger partial charge in [0, 0.05) is 24.2 Å². The van der Waals surface area contributed by atoms with Crippen LogP contribution in [0.25, 0.3) is 0 Å². The summed E-state index contributed by atoms with van der Waals surface area (Å²) in [6, 6.07) is 9.32. The second kappa shape index (κ2) is 4.42. The molecule has 4 aliphatic rings. The number of aliphatic imine (C=N–C) groups is 1. The molecule has 1 spiro atoms. The van der Waals surface area contributed by atoms with E-state index in [4.69, 9.17) is 4.99 Å². The van der Waals surface area contributed by atoms with Crippen LogP contribution in [0.1, 0.15) is 31.7 Å². The van der Waals surface area contributed by atoms with Gasteiger partial charge < -0.3 is 5.11 Å². The van der Waals surface area contributed by atoms with Crippen LogP contribution in [0, 0.1) is 17.8 Å². The number of aliphatic hydroxyl groups excluding tert-OH is 1. The van der Waals surface area contributed by atoms with Gasteiger partial charge in [-0.05, 0) is 42.9 Å². The first-order valence-electron chi connectivity index (χ1n) is 8.83. The summed E-state index contributed by atoms with van der Waals surface area (Å²) in [6.45, 7) is 4.99. The lowest BCUT2D eigenvalue weighted by Gasteiger charge is -2.53. The normalized spacial score (nSPS) is 42.0. The summed E-state index contributed by atoms with van der Waals surface area (Å²) in [5.74, 6) is 1.61. The van der Waals surface area contributed by atoms with Crippen molar-refractivity contribution in [3.05, 3.63) is 29.8 Å². The lowest BCUT2D eigenvalue weighted by molar-refractivity contribution is 0.0271. The van der Waals surface area contributed by atoms with Crippen LogP contribution in [-0.2, 0) is 5.41 Å². The molecule has 1 N–H and O–H groups in total. The summed E-state index contributed by atoms with van der Waals surface area (Å²) in [5.41, 5.74) is 4.03. The summed E-state index contributed by atoms with van der Waals surface area (Å²) in [5, 5.41) is 10.2. The Kier molecular flexibility index (Phi) is 2.67. The van der Waals surface area contributed by atoms with Crippen molar-refractivity contribution >= 4 is 11.4 Å². The highest BCUT2D eigenvalue weighted by Crippen LogP contribution is 2.59. The standard InChI is InChI=1S/C19H24N2O/c1-2-12-10-21-8-7-19-15-5-3-4-6-16(15)20-18(19)14(11-22)13(12)9-17(19)21/h3-6,12-14,17,22H,2,7-11H2,1H3/t12-,13?,14+,17+,19-/m1/s1. The average molecular weight is 296 g/mol. The molecule has 3 nitrogen and oxygen atoms in total. The van der Waals surface area contributed by atoms with E-state index in [0.717, 1.165) is 5.92 Å². The van der Waals surface area contributed by atoms with Crippen LogP contribution >= 0.6 is 0 Å². The van der Waals surface area contributed by atoms with Gasteiger partial charge in [0.25, 0.3) is 0 Å². The van der Waals surface area contributed by atoms with Crippen molar-refractivity contribution in [1.82, 2.24) is 4.90 Å². The van der Waals surface area contributed by atoms with E-state index in [1.807, 2.05) is 0 Å². The van der Waals surface area contributed by atoms with Gasteiger partial charge in [-0.1, -0.05) is 31.5 Å². The molecule has 0 aromatic heterocycles. The van der Waals surface area contributed by atoms with E-state index in [-0.39, 0.29) is 17.9 Å². The predicted molar refractivity (Wildman–Crippen MR) is 87.7 cm³/mol. The molecular formula is C19H24N2O. The fourth-order valence-electron chi connectivity index (χ4n) is 6.10. The molecule has 0 radical (unpaired) electrons. The van der Waals surface area contributed by atoms with Crippen molar-refractivity contribution in [3.63, 3.8) is 0 Å². The molecule has 5 atom stereocenters. The Morgan fingerprint density at radius 1 is 1.36 bits per heavy atom. The maximum atomic E-state index is 10.2. The van der Waals surface area contributed by atoms with E-state index in [1.165, 1.54) is 49.3 Å². The number of benzene rings is 1. The fourth-order valence-corrected chi connectivity index (χ4v) is 6.10. The molecule has 1 aromatic rings. The van der Waals surface area contributed by atoms with E-state index in [1.54, 1.807) is 0 Å². The van der Waals surface area contributed by atoms with Crippen LogP contribution in [0.3, 0.4) is 0 Å². The Morgan fingerprint density at radius 2 is 2.23 bits per heavy atom. The molecule has 1 aromatic carbocycles. The van der Waals surface area contributed by atoms with Gasteiger partial charge in [0.05, 0.1) is 17.7 Å². The Hall–Kier alpha value is -1.19. The SMILES string of the molecule is CC[C@@H]1CN2CC[C@@]34C(=Nc5ccccc53)[C@@H](CO)C1C[C@H]24. The maximum Gasteiger partial charge on any atom is 0.0671 e. The first-order chi connectivity index (χ1) is 10.8. The summed E-state index contributed by atoms with van der Waals surface area (Å²) < 4.78 is 0. The van der Waals surface area contributed by atoms with Gasteiger partial charge in [-0.2, -0.15) is 0 Å². The van der Waals surface area contributed by atoms with Crippen LogP contribution < -0.4 is 0 Å². The van der Waals surface area contributed by atoms with Crippen molar-refractivity contribution in [3.8, 4) is 0 Å². The quantitative estimate of drug-likeness (QED) is 0.911. The number of piperidine rings is 1. The average Bonchev–Trinajstić information content (AvgIpc) is 3.11. The maximum absolute atomic E-state index is 10.2. The molecule has 3 heterocycles. The van der Waals surface area contributed by atoms with Gasteiger partial charge in [-0.15, -0.1) is 0 Å². The van der Waals surface area contributed by atoms with E-state index in [2.05, 4.69) is 36.1 Å². The van der Waals surface area contributed by atoms with Crippen molar-refractivity contribution in [2.24, 2.45) is 22.7 Å². The van der Waals surface area contributed by atoms with E-state index in [9.17, 15) is 5.11 Å². The molecule has 3 fully saturated rings. The molecule has 22 heavy (non-hydrogen) atoms. The van der Waals surface area contributed by atoms with Crippen LogP contribution in [-0.4, -0.2) is 41.5 Å². The third kappa shape index (κ3) is 1.38. The minimum absolute atomic E-state index is 0.110. The minimum Gasteiger partial charge on any atom is -0.396 e. The van der Waals surface area contributed by atoms with E-state index >= 15 is 0 Å². The highest BCUT2D eigenvalue weighted by molar-refractivity contribution is 6.05. The van der Waals surface area contributed by atoms with Crippen molar-refractivity contribution in [2.45, 2.75) is 37.6 Å². The zero-order valence-electron chi connectivity index (χ0n) is 13.2. The van der Waals surface area contributed by atoms with Gasteiger partial charge >= 0.3 is 0 Å². The number of para-hydroxylation sites is 1. The lowest BCUT2D eigenvalue weighted by atomic mass is 9.55. The first kappa shape index (κ1) is 13.3. The summed E-state index contributed by atoms with van der Waals surface area (Å²) in [4.78, 5) is 7.81. The summed E-state index contributed by atoms with van der Waals surface area (Å²) >= 11 is 0. The van der Waals surface area contributed by atoms with Gasteiger partial charge in [0.2, 0.25) is 0 Å². The van der Waals surface area contributed by atoms with Gasteiger partial charge in [-0.3, -0.25) is 9.89 Å². The second-order valence-corrected chi connectivity index (χ2v) is 7.60. The number of hydrogen-bond acceptors (Lipinski definition) is 3. The number of hydrogen-bond donors (Lipinski definition) is 1. The number of nitrogens with zero attached hydrogens (tertiary/aromatic N) is 2. The van der Waals surface area contributed by atoms with Gasteiger partial charge in [0.1, 0.15) is 0 Å². The van der Waals surface area contributed by atoms with Gasteiger partial charge in [0.15, 0.2) is 0 Å². The molecule has 2 saturated heterocycles. The van der Waals surface area contributed by atoms with Crippen molar-refractivity contribution in [2.75, 3.05) is 19.7 Å². The van der Waals surface area contributed by atoms with Crippen LogP contribution in [0.15, 0.2) is 29.3 Å². The first-order valence-corrected chi connectivity index (χ1v) is 8.83. The molecular weight excluding hydrogens is 272 g/mol.